The van der Waals surface area contributed by atoms with Gasteiger partial charge < -0.3 is 10.2 Å². The zero-order valence-corrected chi connectivity index (χ0v) is 20.2. The minimum atomic E-state index is -0.467. The van der Waals surface area contributed by atoms with Gasteiger partial charge in [-0.1, -0.05) is 6.07 Å². The first kappa shape index (κ1) is 21.8. The monoisotopic (exact) mass is 585 g/mol. The van der Waals surface area contributed by atoms with Gasteiger partial charge in [0.2, 0.25) is 5.91 Å². The van der Waals surface area contributed by atoms with Crippen LogP contribution in [0.1, 0.15) is 5.56 Å². The van der Waals surface area contributed by atoms with Crippen molar-refractivity contribution < 1.29 is 14.4 Å². The SMILES string of the molecule is CN(C)c1ccc(/C=C2\SC(=O)N(CC(=O)Nc3ccc(I)cc3)C2=O)cc1Br. The van der Waals surface area contributed by atoms with E-state index in [1.807, 2.05) is 49.3 Å². The number of thioether (sulfide) groups is 1. The molecule has 2 aromatic carbocycles. The molecular weight excluding hydrogens is 569 g/mol. The maximum atomic E-state index is 12.6. The highest BCUT2D eigenvalue weighted by molar-refractivity contribution is 14.1. The lowest BCUT2D eigenvalue weighted by atomic mass is 10.2. The molecule has 0 spiro atoms. The van der Waals surface area contributed by atoms with Crippen LogP contribution in [0.15, 0.2) is 51.8 Å². The number of benzene rings is 2. The van der Waals surface area contributed by atoms with Crippen LogP contribution in [0.4, 0.5) is 16.2 Å². The largest absolute Gasteiger partial charge is 0.377 e. The van der Waals surface area contributed by atoms with Gasteiger partial charge in [-0.15, -0.1) is 0 Å². The van der Waals surface area contributed by atoms with E-state index < -0.39 is 17.1 Å². The number of nitrogens with one attached hydrogen (secondary N) is 1. The molecule has 0 saturated carbocycles. The Balaban J connectivity index is 1.70. The highest BCUT2D eigenvalue weighted by atomic mass is 127. The lowest BCUT2D eigenvalue weighted by molar-refractivity contribution is -0.127. The number of anilines is 2. The van der Waals surface area contributed by atoms with E-state index >= 15 is 0 Å². The van der Waals surface area contributed by atoms with Crippen molar-refractivity contribution in [3.8, 4) is 0 Å². The minimum Gasteiger partial charge on any atom is -0.377 e. The molecule has 1 aliphatic rings. The van der Waals surface area contributed by atoms with E-state index in [2.05, 4.69) is 43.8 Å². The molecule has 3 amide bonds. The number of rotatable bonds is 5. The average Bonchev–Trinajstić information content (AvgIpc) is 2.91. The van der Waals surface area contributed by atoms with Crippen molar-refractivity contribution in [3.63, 3.8) is 0 Å². The summed E-state index contributed by atoms with van der Waals surface area (Å²) in [6, 6.07) is 12.9. The molecule has 1 saturated heterocycles. The molecular formula is C20H17BrIN3O3S. The smallest absolute Gasteiger partial charge is 0.294 e. The lowest BCUT2D eigenvalue weighted by Gasteiger charge is -2.14. The van der Waals surface area contributed by atoms with Crippen molar-refractivity contribution in [1.82, 2.24) is 4.90 Å². The lowest BCUT2D eigenvalue weighted by Crippen LogP contribution is -2.36. The van der Waals surface area contributed by atoms with Crippen molar-refractivity contribution in [1.29, 1.82) is 0 Å². The topological polar surface area (TPSA) is 69.7 Å². The van der Waals surface area contributed by atoms with Crippen molar-refractivity contribution in [2.24, 2.45) is 0 Å². The number of hydrogen-bond donors (Lipinski definition) is 1. The Morgan fingerprint density at radius 3 is 2.52 bits per heavy atom. The maximum absolute atomic E-state index is 12.6. The standard InChI is InChI=1S/C20H17BrIN3O3S/c1-24(2)16-8-3-12(9-15(16)21)10-17-19(27)25(20(28)29-17)11-18(26)23-14-6-4-13(22)5-7-14/h3-10H,11H2,1-2H3,(H,23,26)/b17-10-. The normalized spacial score (nSPS) is 15.2. The van der Waals surface area contributed by atoms with Crippen LogP contribution in [0.3, 0.4) is 0 Å². The first-order chi connectivity index (χ1) is 13.7. The van der Waals surface area contributed by atoms with Crippen LogP contribution in [0.25, 0.3) is 6.08 Å². The van der Waals surface area contributed by atoms with E-state index in [4.69, 9.17) is 0 Å². The third kappa shape index (κ3) is 5.40. The molecule has 0 aromatic heterocycles. The summed E-state index contributed by atoms with van der Waals surface area (Å²) in [7, 11) is 3.87. The van der Waals surface area contributed by atoms with Gasteiger partial charge in [0.1, 0.15) is 6.54 Å². The van der Waals surface area contributed by atoms with Gasteiger partial charge in [-0.05, 0) is 98.3 Å². The first-order valence-corrected chi connectivity index (χ1v) is 11.2. The fraction of sp³-hybridized carbons (Fsp3) is 0.150. The van der Waals surface area contributed by atoms with Gasteiger partial charge in [0.25, 0.3) is 11.1 Å². The summed E-state index contributed by atoms with van der Waals surface area (Å²) in [6.07, 6.45) is 1.66. The first-order valence-electron chi connectivity index (χ1n) is 8.52. The Morgan fingerprint density at radius 2 is 1.90 bits per heavy atom. The van der Waals surface area contributed by atoms with Crippen LogP contribution < -0.4 is 10.2 Å². The predicted molar refractivity (Wildman–Crippen MR) is 129 cm³/mol. The molecule has 9 heteroatoms. The minimum absolute atomic E-state index is 0.293. The van der Waals surface area contributed by atoms with Gasteiger partial charge in [-0.2, -0.15) is 0 Å². The summed E-state index contributed by atoms with van der Waals surface area (Å²) in [4.78, 5) is 40.4. The number of hydrogen-bond acceptors (Lipinski definition) is 5. The summed E-state index contributed by atoms with van der Waals surface area (Å²) in [5.74, 6) is -0.890. The van der Waals surface area contributed by atoms with Gasteiger partial charge in [-0.25, -0.2) is 0 Å². The number of halogens is 2. The highest BCUT2D eigenvalue weighted by Crippen LogP contribution is 2.33. The molecule has 0 atom stereocenters. The summed E-state index contributed by atoms with van der Waals surface area (Å²) in [6.45, 7) is -0.322. The molecule has 1 heterocycles. The second kappa shape index (κ2) is 9.31. The molecule has 6 nitrogen and oxygen atoms in total. The third-order valence-electron chi connectivity index (χ3n) is 4.05. The summed E-state index contributed by atoms with van der Waals surface area (Å²) in [5.41, 5.74) is 2.41. The number of imide groups is 1. The Labute approximate surface area is 195 Å². The van der Waals surface area contributed by atoms with Crippen LogP contribution in [-0.4, -0.2) is 42.6 Å². The quantitative estimate of drug-likeness (QED) is 0.403. The van der Waals surface area contributed by atoms with E-state index in [0.717, 1.165) is 36.0 Å². The molecule has 0 aliphatic carbocycles. The van der Waals surface area contributed by atoms with E-state index in [-0.39, 0.29) is 6.54 Å². The number of nitrogens with zero attached hydrogens (tertiary/aromatic N) is 2. The van der Waals surface area contributed by atoms with Gasteiger partial charge in [-0.3, -0.25) is 19.3 Å². The number of carbonyl (C=O) groups excluding carboxylic acids is 3. The molecule has 29 heavy (non-hydrogen) atoms. The summed E-state index contributed by atoms with van der Waals surface area (Å²) >= 11 is 6.52. The highest BCUT2D eigenvalue weighted by Gasteiger charge is 2.36. The molecule has 0 unspecified atom stereocenters. The molecule has 1 aliphatic heterocycles. The van der Waals surface area contributed by atoms with Crippen molar-refractivity contribution in [3.05, 3.63) is 61.0 Å². The van der Waals surface area contributed by atoms with E-state index in [1.54, 1.807) is 18.2 Å². The molecule has 3 rings (SSSR count). The van der Waals surface area contributed by atoms with Crippen LogP contribution in [0.2, 0.25) is 0 Å². The number of carbonyl (C=O) groups is 3. The Bertz CT molecular complexity index is 1010. The Morgan fingerprint density at radius 1 is 1.21 bits per heavy atom. The summed E-state index contributed by atoms with van der Waals surface area (Å²) < 4.78 is 1.93. The Hall–Kier alpha value is -1.85. The molecule has 2 aromatic rings. The zero-order chi connectivity index (χ0) is 21.1. The fourth-order valence-electron chi connectivity index (χ4n) is 2.64. The van der Waals surface area contributed by atoms with Crippen LogP contribution in [0, 0.1) is 3.57 Å². The van der Waals surface area contributed by atoms with Crippen LogP contribution in [-0.2, 0) is 9.59 Å². The average molecular weight is 586 g/mol. The van der Waals surface area contributed by atoms with E-state index in [1.165, 1.54) is 0 Å². The molecule has 1 N–H and O–H groups in total. The van der Waals surface area contributed by atoms with Crippen LogP contribution in [0.5, 0.6) is 0 Å². The molecule has 1 fully saturated rings. The molecule has 0 radical (unpaired) electrons. The van der Waals surface area contributed by atoms with Gasteiger partial charge in [0.05, 0.1) is 10.6 Å². The van der Waals surface area contributed by atoms with Crippen molar-refractivity contribution >= 4 is 84.8 Å². The van der Waals surface area contributed by atoms with E-state index in [0.29, 0.717) is 10.6 Å². The van der Waals surface area contributed by atoms with Crippen molar-refractivity contribution in [2.75, 3.05) is 30.9 Å². The third-order valence-corrected chi connectivity index (χ3v) is 6.32. The summed E-state index contributed by atoms with van der Waals surface area (Å²) in [5, 5.41) is 2.24. The second-order valence-electron chi connectivity index (χ2n) is 6.43. The fourth-order valence-corrected chi connectivity index (χ4v) is 4.59. The van der Waals surface area contributed by atoms with Gasteiger partial charge >= 0.3 is 0 Å². The van der Waals surface area contributed by atoms with Crippen molar-refractivity contribution in [2.45, 2.75) is 0 Å². The number of amides is 3. The van der Waals surface area contributed by atoms with E-state index in [9.17, 15) is 14.4 Å². The predicted octanol–water partition coefficient (Wildman–Crippen LogP) is 4.79. The zero-order valence-electron chi connectivity index (χ0n) is 15.6. The van der Waals surface area contributed by atoms with Crippen LogP contribution >= 0.6 is 50.3 Å². The van der Waals surface area contributed by atoms with Gasteiger partial charge in [0.15, 0.2) is 0 Å². The van der Waals surface area contributed by atoms with Gasteiger partial charge in [0, 0.05) is 27.8 Å². The Kier molecular flexibility index (Phi) is 7.01. The second-order valence-corrected chi connectivity index (χ2v) is 9.52. The molecule has 0 bridgehead atoms. The molecule has 150 valence electrons. The maximum Gasteiger partial charge on any atom is 0.294 e.